The molecule has 0 aliphatic rings. The highest BCUT2D eigenvalue weighted by Gasteiger charge is 2.06. The zero-order chi connectivity index (χ0) is 12.3. The van der Waals surface area contributed by atoms with Crippen LogP contribution in [-0.4, -0.2) is 23.2 Å². The van der Waals surface area contributed by atoms with Gasteiger partial charge in [0.2, 0.25) is 0 Å². The molecular formula is C11H10ClN3O2. The molecule has 0 unspecified atom stereocenters. The Kier molecular flexibility index (Phi) is 3.30. The van der Waals surface area contributed by atoms with Gasteiger partial charge in [-0.2, -0.15) is 0 Å². The molecule has 1 aromatic carbocycles. The summed E-state index contributed by atoms with van der Waals surface area (Å²) >= 11 is 5.91. The number of rotatable bonds is 2. The highest BCUT2D eigenvalue weighted by Crippen LogP contribution is 2.25. The molecule has 1 heterocycles. The number of halogens is 1. The molecule has 5 nitrogen and oxygen atoms in total. The molecule has 0 saturated heterocycles. The van der Waals surface area contributed by atoms with Crippen molar-refractivity contribution in [2.75, 3.05) is 12.4 Å². The largest absolute Gasteiger partial charge is 0.453 e. The van der Waals surface area contributed by atoms with Crippen LogP contribution in [0, 0.1) is 0 Å². The van der Waals surface area contributed by atoms with Crippen LogP contribution in [0.1, 0.15) is 0 Å². The molecule has 0 atom stereocenters. The summed E-state index contributed by atoms with van der Waals surface area (Å²) in [6.07, 6.45) is 1.02. The monoisotopic (exact) mass is 251 g/mol. The summed E-state index contributed by atoms with van der Waals surface area (Å²) in [5.41, 5.74) is 2.19. The summed E-state index contributed by atoms with van der Waals surface area (Å²) < 4.78 is 4.49. The van der Waals surface area contributed by atoms with Crippen molar-refractivity contribution >= 4 is 23.4 Å². The fourth-order valence-corrected chi connectivity index (χ4v) is 1.57. The molecule has 1 aromatic heterocycles. The van der Waals surface area contributed by atoms with Gasteiger partial charge in [0, 0.05) is 11.3 Å². The van der Waals surface area contributed by atoms with Crippen LogP contribution in [0.4, 0.5) is 10.5 Å². The lowest BCUT2D eigenvalue weighted by atomic mass is 10.1. The number of nitrogens with zero attached hydrogens (tertiary/aromatic N) is 1. The van der Waals surface area contributed by atoms with E-state index in [0.717, 1.165) is 5.56 Å². The van der Waals surface area contributed by atoms with Gasteiger partial charge in [0.1, 0.15) is 10.8 Å². The van der Waals surface area contributed by atoms with Crippen LogP contribution in [0.25, 0.3) is 11.3 Å². The molecule has 17 heavy (non-hydrogen) atoms. The summed E-state index contributed by atoms with van der Waals surface area (Å²) in [6, 6.07) is 7.12. The molecule has 0 aliphatic heterocycles. The van der Waals surface area contributed by atoms with Crippen molar-refractivity contribution < 1.29 is 9.53 Å². The maximum atomic E-state index is 11.0. The molecule has 2 rings (SSSR count). The maximum absolute atomic E-state index is 11.0. The van der Waals surface area contributed by atoms with Crippen molar-refractivity contribution in [1.82, 2.24) is 9.97 Å². The molecule has 6 heteroatoms. The first kappa shape index (κ1) is 11.5. The molecule has 0 fully saturated rings. The van der Waals surface area contributed by atoms with Gasteiger partial charge in [0.05, 0.1) is 13.4 Å². The van der Waals surface area contributed by atoms with Crippen LogP contribution < -0.4 is 5.32 Å². The number of hydrogen-bond acceptors (Lipinski definition) is 3. The van der Waals surface area contributed by atoms with Crippen LogP contribution in [0.5, 0.6) is 0 Å². The molecule has 0 spiro atoms. The first-order valence-electron chi connectivity index (χ1n) is 4.85. The minimum absolute atomic E-state index is 0.485. The normalized spacial score (nSPS) is 10.0. The van der Waals surface area contributed by atoms with Gasteiger partial charge in [-0.3, -0.25) is 5.32 Å². The minimum Gasteiger partial charge on any atom is -0.453 e. The lowest BCUT2D eigenvalue weighted by Crippen LogP contribution is -2.10. The number of hydrogen-bond donors (Lipinski definition) is 2. The van der Waals surface area contributed by atoms with E-state index in [0.29, 0.717) is 16.5 Å². The molecule has 1 amide bonds. The van der Waals surface area contributed by atoms with Crippen molar-refractivity contribution in [3.8, 4) is 11.3 Å². The number of carbonyl (C=O) groups is 1. The number of imidazole rings is 1. The predicted octanol–water partition coefficient (Wildman–Crippen LogP) is 2.91. The second kappa shape index (κ2) is 4.88. The Morgan fingerprint density at radius 3 is 2.65 bits per heavy atom. The van der Waals surface area contributed by atoms with E-state index in [1.165, 1.54) is 13.4 Å². The zero-order valence-corrected chi connectivity index (χ0v) is 9.78. The SMILES string of the molecule is COC(=O)Nc1ccc(-c2nc[nH]c2Cl)cc1. The lowest BCUT2D eigenvalue weighted by Gasteiger charge is -2.04. The third-order valence-corrected chi connectivity index (χ3v) is 2.47. The van der Waals surface area contributed by atoms with Crippen molar-refractivity contribution in [3.63, 3.8) is 0 Å². The van der Waals surface area contributed by atoms with Gasteiger partial charge < -0.3 is 9.72 Å². The molecule has 0 radical (unpaired) electrons. The van der Waals surface area contributed by atoms with E-state index in [9.17, 15) is 4.79 Å². The van der Waals surface area contributed by atoms with Crippen LogP contribution >= 0.6 is 11.6 Å². The van der Waals surface area contributed by atoms with Crippen LogP contribution in [0.15, 0.2) is 30.6 Å². The molecule has 0 saturated carbocycles. The van der Waals surface area contributed by atoms with E-state index in [1.807, 2.05) is 12.1 Å². The molecule has 0 aliphatic carbocycles. The summed E-state index contributed by atoms with van der Waals surface area (Å²) in [5.74, 6) is 0. The Bertz CT molecular complexity index is 522. The fraction of sp³-hybridized carbons (Fsp3) is 0.0909. The van der Waals surface area contributed by atoms with E-state index in [2.05, 4.69) is 20.0 Å². The van der Waals surface area contributed by atoms with E-state index >= 15 is 0 Å². The Balaban J connectivity index is 2.19. The van der Waals surface area contributed by atoms with Gasteiger partial charge in [-0.15, -0.1) is 0 Å². The highest BCUT2D eigenvalue weighted by molar-refractivity contribution is 6.31. The standard InChI is InChI=1S/C11H10ClN3O2/c1-17-11(16)15-8-4-2-7(3-5-8)9-10(12)14-6-13-9/h2-6H,1H3,(H,13,14)(H,15,16). The van der Waals surface area contributed by atoms with Gasteiger partial charge in [-0.25, -0.2) is 9.78 Å². The fourth-order valence-electron chi connectivity index (χ4n) is 1.36. The average Bonchev–Trinajstić information content (AvgIpc) is 2.76. The van der Waals surface area contributed by atoms with Crippen molar-refractivity contribution in [2.24, 2.45) is 0 Å². The number of benzene rings is 1. The Morgan fingerprint density at radius 2 is 2.12 bits per heavy atom. The number of amides is 1. The highest BCUT2D eigenvalue weighted by atomic mass is 35.5. The van der Waals surface area contributed by atoms with Gasteiger partial charge in [-0.1, -0.05) is 23.7 Å². The van der Waals surface area contributed by atoms with Gasteiger partial charge in [0.15, 0.2) is 0 Å². The quantitative estimate of drug-likeness (QED) is 0.862. The Morgan fingerprint density at radius 1 is 1.41 bits per heavy atom. The molecule has 0 bridgehead atoms. The second-order valence-electron chi connectivity index (χ2n) is 3.26. The topological polar surface area (TPSA) is 67.0 Å². The number of anilines is 1. The average molecular weight is 252 g/mol. The number of aromatic nitrogens is 2. The number of methoxy groups -OCH3 is 1. The Hall–Kier alpha value is -2.01. The van der Waals surface area contributed by atoms with Gasteiger partial charge in [-0.05, 0) is 12.1 Å². The van der Waals surface area contributed by atoms with Crippen LogP contribution in [-0.2, 0) is 4.74 Å². The van der Waals surface area contributed by atoms with Crippen molar-refractivity contribution in [3.05, 3.63) is 35.7 Å². The third kappa shape index (κ3) is 2.57. The lowest BCUT2D eigenvalue weighted by molar-refractivity contribution is 0.187. The van der Waals surface area contributed by atoms with Crippen molar-refractivity contribution in [2.45, 2.75) is 0 Å². The summed E-state index contributed by atoms with van der Waals surface area (Å²) in [4.78, 5) is 17.9. The minimum atomic E-state index is -0.504. The summed E-state index contributed by atoms with van der Waals surface area (Å²) in [7, 11) is 1.31. The maximum Gasteiger partial charge on any atom is 0.411 e. The first-order chi connectivity index (χ1) is 8.20. The van der Waals surface area contributed by atoms with Crippen LogP contribution in [0.2, 0.25) is 5.15 Å². The predicted molar refractivity (Wildman–Crippen MR) is 65.1 cm³/mol. The molecule has 2 aromatic rings. The number of carbonyl (C=O) groups excluding carboxylic acids is 1. The van der Waals surface area contributed by atoms with E-state index in [4.69, 9.17) is 11.6 Å². The number of ether oxygens (including phenoxy) is 1. The van der Waals surface area contributed by atoms with E-state index in [1.54, 1.807) is 12.1 Å². The summed E-state index contributed by atoms with van der Waals surface area (Å²) in [6.45, 7) is 0. The molecule has 88 valence electrons. The van der Waals surface area contributed by atoms with Crippen molar-refractivity contribution in [1.29, 1.82) is 0 Å². The second-order valence-corrected chi connectivity index (χ2v) is 3.64. The van der Waals surface area contributed by atoms with Gasteiger partial charge >= 0.3 is 6.09 Å². The smallest absolute Gasteiger partial charge is 0.411 e. The molecule has 2 N–H and O–H groups in total. The summed E-state index contributed by atoms with van der Waals surface area (Å²) in [5, 5.41) is 3.04. The van der Waals surface area contributed by atoms with Crippen LogP contribution in [0.3, 0.4) is 0 Å². The third-order valence-electron chi connectivity index (χ3n) is 2.18. The zero-order valence-electron chi connectivity index (χ0n) is 9.03. The number of aromatic amines is 1. The first-order valence-corrected chi connectivity index (χ1v) is 5.23. The van der Waals surface area contributed by atoms with E-state index in [-0.39, 0.29) is 0 Å². The number of H-pyrrole nitrogens is 1. The number of nitrogens with one attached hydrogen (secondary N) is 2. The molecular weight excluding hydrogens is 242 g/mol. The van der Waals surface area contributed by atoms with E-state index < -0.39 is 6.09 Å². The van der Waals surface area contributed by atoms with Gasteiger partial charge in [0.25, 0.3) is 0 Å². The Labute approximate surface area is 103 Å².